The molecular formula is C24H19N3O5. The van der Waals surface area contributed by atoms with Gasteiger partial charge in [0.05, 0.1) is 22.3 Å². The van der Waals surface area contributed by atoms with Crippen LogP contribution in [0.15, 0.2) is 78.9 Å². The van der Waals surface area contributed by atoms with Crippen LogP contribution >= 0.6 is 0 Å². The highest BCUT2D eigenvalue weighted by molar-refractivity contribution is 6.24. The molecule has 3 aromatic carbocycles. The number of carbonyl (C=O) groups is 2. The predicted molar refractivity (Wildman–Crippen MR) is 117 cm³/mol. The summed E-state index contributed by atoms with van der Waals surface area (Å²) in [5.74, 6) is -1.62. The number of aryl methyl sites for hydroxylation is 1. The third-order valence-corrected chi connectivity index (χ3v) is 5.95. The van der Waals surface area contributed by atoms with Crippen LogP contribution in [0.25, 0.3) is 0 Å². The number of hydroxylamine groups is 1. The number of nitrogens with zero attached hydrogens (tertiary/aromatic N) is 3. The number of hydrogen-bond donors (Lipinski definition) is 0. The van der Waals surface area contributed by atoms with Crippen LogP contribution in [-0.4, -0.2) is 22.8 Å². The molecule has 0 radical (unpaired) electrons. The van der Waals surface area contributed by atoms with E-state index in [4.69, 9.17) is 4.84 Å². The van der Waals surface area contributed by atoms with Gasteiger partial charge in [-0.25, -0.2) is 9.96 Å². The molecule has 0 aliphatic carbocycles. The topological polar surface area (TPSA) is 93.0 Å². The molecule has 2 aliphatic rings. The Bertz CT molecular complexity index is 1210. The lowest BCUT2D eigenvalue weighted by atomic mass is 9.88. The Balaban J connectivity index is 1.57. The van der Waals surface area contributed by atoms with Crippen molar-refractivity contribution < 1.29 is 19.3 Å². The fraction of sp³-hybridized carbons (Fsp3) is 0.167. The lowest BCUT2D eigenvalue weighted by molar-refractivity contribution is -0.384. The van der Waals surface area contributed by atoms with E-state index in [9.17, 15) is 19.7 Å². The SMILES string of the molecule is Cc1ccccc1[C@@H]1[C@@H]2C(=O)N(c3ccc([N+](=O)[O-])cc3)C(=O)[C@@H]2ON1c1ccccc1. The summed E-state index contributed by atoms with van der Waals surface area (Å²) < 4.78 is 0. The van der Waals surface area contributed by atoms with E-state index in [0.717, 1.165) is 21.7 Å². The number of nitro benzene ring substituents is 1. The molecule has 2 fully saturated rings. The number of imide groups is 1. The Kier molecular flexibility index (Phi) is 4.71. The first-order valence-electron chi connectivity index (χ1n) is 10.2. The van der Waals surface area contributed by atoms with Crippen LogP contribution in [0.5, 0.6) is 0 Å². The second kappa shape index (κ2) is 7.58. The lowest BCUT2D eigenvalue weighted by Gasteiger charge is -2.29. The van der Waals surface area contributed by atoms with E-state index in [2.05, 4.69) is 0 Å². The van der Waals surface area contributed by atoms with Crippen LogP contribution in [0, 0.1) is 23.0 Å². The molecule has 5 rings (SSSR count). The van der Waals surface area contributed by atoms with E-state index in [0.29, 0.717) is 5.69 Å². The van der Waals surface area contributed by atoms with Crippen molar-refractivity contribution in [2.45, 2.75) is 19.1 Å². The zero-order valence-electron chi connectivity index (χ0n) is 17.1. The van der Waals surface area contributed by atoms with Gasteiger partial charge in [0, 0.05) is 12.1 Å². The molecule has 0 aromatic heterocycles. The summed E-state index contributed by atoms with van der Waals surface area (Å²) in [5, 5.41) is 12.6. The summed E-state index contributed by atoms with van der Waals surface area (Å²) in [7, 11) is 0. The Morgan fingerprint density at radius 3 is 2.16 bits per heavy atom. The van der Waals surface area contributed by atoms with Crippen molar-refractivity contribution in [2.75, 3.05) is 9.96 Å². The second-order valence-electron chi connectivity index (χ2n) is 7.80. The Morgan fingerprint density at radius 2 is 1.50 bits per heavy atom. The minimum absolute atomic E-state index is 0.114. The van der Waals surface area contributed by atoms with Gasteiger partial charge in [0.1, 0.15) is 5.92 Å². The Hall–Kier alpha value is -4.04. The summed E-state index contributed by atoms with van der Waals surface area (Å²) in [6.07, 6.45) is -0.984. The molecule has 2 aliphatic heterocycles. The summed E-state index contributed by atoms with van der Waals surface area (Å²) in [5.41, 5.74) is 2.81. The van der Waals surface area contributed by atoms with E-state index in [1.165, 1.54) is 24.3 Å². The number of nitro groups is 1. The van der Waals surface area contributed by atoms with Gasteiger partial charge in [-0.2, -0.15) is 0 Å². The van der Waals surface area contributed by atoms with Gasteiger partial charge in [-0.05, 0) is 42.3 Å². The maximum Gasteiger partial charge on any atom is 0.269 e. The number of para-hydroxylation sites is 1. The number of rotatable bonds is 4. The number of amides is 2. The second-order valence-corrected chi connectivity index (χ2v) is 7.80. The Labute approximate surface area is 183 Å². The number of anilines is 2. The monoisotopic (exact) mass is 429 g/mol. The molecule has 8 nitrogen and oxygen atoms in total. The number of non-ortho nitro benzene ring substituents is 1. The molecule has 0 bridgehead atoms. The summed E-state index contributed by atoms with van der Waals surface area (Å²) in [6.45, 7) is 1.96. The molecule has 2 amide bonds. The van der Waals surface area contributed by atoms with Gasteiger partial charge in [0.25, 0.3) is 11.6 Å². The van der Waals surface area contributed by atoms with Gasteiger partial charge < -0.3 is 0 Å². The third kappa shape index (κ3) is 3.04. The average Bonchev–Trinajstić information content (AvgIpc) is 3.31. The van der Waals surface area contributed by atoms with E-state index < -0.39 is 28.9 Å². The first-order valence-corrected chi connectivity index (χ1v) is 10.2. The molecule has 3 atom stereocenters. The van der Waals surface area contributed by atoms with Gasteiger partial charge in [-0.15, -0.1) is 0 Å². The Morgan fingerprint density at radius 1 is 0.844 bits per heavy atom. The number of fused-ring (bicyclic) bond motifs is 1. The predicted octanol–water partition coefficient (Wildman–Crippen LogP) is 3.95. The average molecular weight is 429 g/mol. The number of hydrogen-bond acceptors (Lipinski definition) is 6. The van der Waals surface area contributed by atoms with Gasteiger partial charge in [0.15, 0.2) is 6.10 Å². The zero-order chi connectivity index (χ0) is 22.4. The highest BCUT2D eigenvalue weighted by atomic mass is 16.7. The molecule has 8 heteroatoms. The lowest BCUT2D eigenvalue weighted by Crippen LogP contribution is -2.37. The first kappa shape index (κ1) is 19.9. The van der Waals surface area contributed by atoms with E-state index in [1.807, 2.05) is 61.5 Å². The number of benzene rings is 3. The summed E-state index contributed by atoms with van der Waals surface area (Å²) in [4.78, 5) is 44.4. The third-order valence-electron chi connectivity index (χ3n) is 5.95. The van der Waals surface area contributed by atoms with Crippen LogP contribution < -0.4 is 9.96 Å². The molecule has 32 heavy (non-hydrogen) atoms. The van der Waals surface area contributed by atoms with Crippen molar-refractivity contribution in [1.29, 1.82) is 0 Å². The van der Waals surface area contributed by atoms with Gasteiger partial charge in [0.2, 0.25) is 5.91 Å². The minimum Gasteiger partial charge on any atom is -0.273 e. The van der Waals surface area contributed by atoms with Crippen LogP contribution in [0.3, 0.4) is 0 Å². The zero-order valence-corrected chi connectivity index (χ0v) is 17.1. The maximum atomic E-state index is 13.6. The van der Waals surface area contributed by atoms with Gasteiger partial charge >= 0.3 is 0 Å². The molecule has 3 aromatic rings. The van der Waals surface area contributed by atoms with E-state index in [1.54, 1.807) is 5.06 Å². The molecule has 0 N–H and O–H groups in total. The smallest absolute Gasteiger partial charge is 0.269 e. The van der Waals surface area contributed by atoms with Crippen LogP contribution in [0.4, 0.5) is 17.1 Å². The molecule has 2 heterocycles. The van der Waals surface area contributed by atoms with Crippen molar-refractivity contribution in [3.63, 3.8) is 0 Å². The fourth-order valence-electron chi connectivity index (χ4n) is 4.43. The molecule has 0 spiro atoms. The van der Waals surface area contributed by atoms with Crippen LogP contribution in [0.1, 0.15) is 17.2 Å². The molecule has 0 saturated carbocycles. The molecule has 2 saturated heterocycles. The van der Waals surface area contributed by atoms with Crippen LogP contribution in [0.2, 0.25) is 0 Å². The largest absolute Gasteiger partial charge is 0.273 e. The minimum atomic E-state index is -0.984. The van der Waals surface area contributed by atoms with E-state index >= 15 is 0 Å². The van der Waals surface area contributed by atoms with Crippen molar-refractivity contribution in [2.24, 2.45) is 5.92 Å². The summed E-state index contributed by atoms with van der Waals surface area (Å²) >= 11 is 0. The summed E-state index contributed by atoms with van der Waals surface area (Å²) in [6, 6.07) is 22.0. The molecular weight excluding hydrogens is 410 g/mol. The molecule has 0 unspecified atom stereocenters. The number of carbonyl (C=O) groups excluding carboxylic acids is 2. The van der Waals surface area contributed by atoms with Crippen molar-refractivity contribution in [3.05, 3.63) is 100 Å². The fourth-order valence-corrected chi connectivity index (χ4v) is 4.43. The maximum absolute atomic E-state index is 13.6. The normalized spacial score (nSPS) is 22.3. The van der Waals surface area contributed by atoms with Crippen molar-refractivity contribution in [3.8, 4) is 0 Å². The standard InChI is InChI=1S/C24H19N3O5/c1-15-7-5-6-10-19(15)21-20-22(32-26(21)17-8-3-2-4-9-17)24(29)25(23(20)28)16-11-13-18(14-12-16)27(30)31/h2-14,20-22H,1H3/t20-,21+,22+/m0/s1. The van der Waals surface area contributed by atoms with Crippen molar-refractivity contribution >= 4 is 28.9 Å². The quantitative estimate of drug-likeness (QED) is 0.354. The van der Waals surface area contributed by atoms with Gasteiger partial charge in [-0.1, -0.05) is 42.5 Å². The first-order chi connectivity index (χ1) is 15.5. The molecule has 160 valence electrons. The van der Waals surface area contributed by atoms with Crippen molar-refractivity contribution in [1.82, 2.24) is 0 Å². The van der Waals surface area contributed by atoms with Crippen LogP contribution in [-0.2, 0) is 14.4 Å². The highest BCUT2D eigenvalue weighted by Gasteiger charge is 2.60. The van der Waals surface area contributed by atoms with E-state index in [-0.39, 0.29) is 11.6 Å². The highest BCUT2D eigenvalue weighted by Crippen LogP contribution is 2.48. The van der Waals surface area contributed by atoms with Gasteiger partial charge in [-0.3, -0.25) is 24.5 Å².